The molecule has 0 unspecified atom stereocenters. The number of para-hydroxylation sites is 1. The van der Waals surface area contributed by atoms with Gasteiger partial charge in [0.25, 0.3) is 0 Å². The monoisotopic (exact) mass is 299 g/mol. The van der Waals surface area contributed by atoms with Gasteiger partial charge >= 0.3 is 5.69 Å². The van der Waals surface area contributed by atoms with Crippen molar-refractivity contribution >= 4 is 21.4 Å². The van der Waals surface area contributed by atoms with Crippen molar-refractivity contribution in [2.45, 2.75) is 31.2 Å². The number of nitrogens with zero attached hydrogens (tertiary/aromatic N) is 2. The van der Waals surface area contributed by atoms with E-state index in [1.807, 2.05) is 11.8 Å². The molecule has 110 valence electrons. The molecule has 0 aromatic heterocycles. The summed E-state index contributed by atoms with van der Waals surface area (Å²) in [5.74, 6) is 0.396. The van der Waals surface area contributed by atoms with E-state index in [0.29, 0.717) is 18.2 Å². The Morgan fingerprint density at radius 2 is 2.05 bits per heavy atom. The second-order valence-corrected chi connectivity index (χ2v) is 6.66. The first-order valence-electron chi connectivity index (χ1n) is 6.30. The smallest absolute Gasteiger partial charge is 0.312 e. The minimum absolute atomic E-state index is 0.115. The molecule has 0 aliphatic carbocycles. The lowest BCUT2D eigenvalue weighted by Crippen LogP contribution is -2.30. The molecule has 8 heteroatoms. The van der Waals surface area contributed by atoms with Crippen molar-refractivity contribution < 1.29 is 13.3 Å². The van der Waals surface area contributed by atoms with Crippen molar-refractivity contribution in [3.63, 3.8) is 0 Å². The number of sulfonamides is 1. The molecule has 1 saturated heterocycles. The number of nitrogens with two attached hydrogens (primary N) is 1. The summed E-state index contributed by atoms with van der Waals surface area (Å²) in [6, 6.07) is 4.34. The summed E-state index contributed by atoms with van der Waals surface area (Å²) in [5, 5.41) is 16.4. The number of rotatable bonds is 3. The summed E-state index contributed by atoms with van der Waals surface area (Å²) < 4.78 is 23.1. The molecule has 1 heterocycles. The lowest BCUT2D eigenvalue weighted by atomic mass is 10.0. The van der Waals surface area contributed by atoms with Gasteiger partial charge in [-0.3, -0.25) is 10.1 Å². The first kappa shape index (κ1) is 14.7. The van der Waals surface area contributed by atoms with E-state index in [2.05, 4.69) is 6.92 Å². The zero-order chi connectivity index (χ0) is 15.1. The molecule has 2 atom stereocenters. The summed E-state index contributed by atoms with van der Waals surface area (Å²) in [6.07, 6.45) is 0.915. The summed E-state index contributed by atoms with van der Waals surface area (Å²) >= 11 is 0. The third kappa shape index (κ3) is 2.48. The fourth-order valence-electron chi connectivity index (χ4n) is 2.59. The van der Waals surface area contributed by atoms with Gasteiger partial charge in [0, 0.05) is 12.6 Å². The highest BCUT2D eigenvalue weighted by molar-refractivity contribution is 7.89. The van der Waals surface area contributed by atoms with Crippen LogP contribution in [0.25, 0.3) is 0 Å². The van der Waals surface area contributed by atoms with Gasteiger partial charge in [-0.05, 0) is 31.4 Å². The first-order chi connectivity index (χ1) is 9.23. The minimum atomic E-state index is -4.13. The van der Waals surface area contributed by atoms with Gasteiger partial charge in [0.2, 0.25) is 10.0 Å². The molecular formula is C12H17N3O4S. The molecule has 0 amide bonds. The fraction of sp³-hybridized carbons (Fsp3) is 0.500. The number of nitro groups is 1. The molecule has 1 aromatic carbocycles. The summed E-state index contributed by atoms with van der Waals surface area (Å²) in [4.78, 5) is 12.1. The maximum absolute atomic E-state index is 11.5. The molecule has 0 saturated carbocycles. The second-order valence-electron chi connectivity index (χ2n) is 5.13. The summed E-state index contributed by atoms with van der Waals surface area (Å²) in [5.41, 5.74) is -0.116. The van der Waals surface area contributed by atoms with Gasteiger partial charge in [-0.2, -0.15) is 0 Å². The number of benzene rings is 1. The topological polar surface area (TPSA) is 107 Å². The van der Waals surface area contributed by atoms with Gasteiger partial charge < -0.3 is 4.90 Å². The number of primary sulfonamides is 1. The molecule has 1 aliphatic rings. The highest BCUT2D eigenvalue weighted by Gasteiger charge is 2.35. The van der Waals surface area contributed by atoms with Crippen molar-refractivity contribution in [2.24, 2.45) is 11.1 Å². The van der Waals surface area contributed by atoms with Gasteiger partial charge in [-0.15, -0.1) is 0 Å². The lowest BCUT2D eigenvalue weighted by molar-refractivity contribution is -0.387. The molecule has 1 aromatic rings. The Morgan fingerprint density at radius 1 is 1.40 bits per heavy atom. The standard InChI is InChI=1S/C12H17N3O4S/c1-8-6-7-14(9(8)2)10-4-3-5-11(20(13,18)19)12(10)15(16)17/h3-5,8-9H,6-7H2,1-2H3,(H2,13,18,19)/t8-,9-/m0/s1. The second kappa shape index (κ2) is 5.02. The van der Waals surface area contributed by atoms with Crippen LogP contribution in [0.15, 0.2) is 23.1 Å². The van der Waals surface area contributed by atoms with Crippen LogP contribution in [-0.4, -0.2) is 25.9 Å². The van der Waals surface area contributed by atoms with Crippen molar-refractivity contribution in [3.8, 4) is 0 Å². The number of nitro benzene ring substituents is 1. The van der Waals surface area contributed by atoms with Crippen LogP contribution in [0.4, 0.5) is 11.4 Å². The van der Waals surface area contributed by atoms with Crippen molar-refractivity contribution in [2.75, 3.05) is 11.4 Å². The van der Waals surface area contributed by atoms with Crippen LogP contribution < -0.4 is 10.0 Å². The molecular weight excluding hydrogens is 282 g/mol. The molecule has 7 nitrogen and oxygen atoms in total. The van der Waals surface area contributed by atoms with Crippen LogP contribution in [0, 0.1) is 16.0 Å². The van der Waals surface area contributed by atoms with Crippen molar-refractivity contribution in [1.29, 1.82) is 0 Å². The normalized spacial score (nSPS) is 23.1. The van der Waals surface area contributed by atoms with E-state index in [1.165, 1.54) is 12.1 Å². The summed E-state index contributed by atoms with van der Waals surface area (Å²) in [6.45, 7) is 4.71. The van der Waals surface area contributed by atoms with E-state index < -0.39 is 25.5 Å². The molecule has 1 aliphatic heterocycles. The van der Waals surface area contributed by atoms with Crippen LogP contribution in [0.1, 0.15) is 20.3 Å². The van der Waals surface area contributed by atoms with Gasteiger partial charge in [0.1, 0.15) is 5.69 Å². The van der Waals surface area contributed by atoms with E-state index in [0.717, 1.165) is 6.42 Å². The van der Waals surface area contributed by atoms with E-state index in [4.69, 9.17) is 5.14 Å². The highest BCUT2D eigenvalue weighted by atomic mass is 32.2. The number of hydrogen-bond donors (Lipinski definition) is 1. The largest absolute Gasteiger partial charge is 0.363 e. The zero-order valence-electron chi connectivity index (χ0n) is 11.3. The Balaban J connectivity index is 2.63. The Kier molecular flexibility index (Phi) is 3.70. The van der Waals surface area contributed by atoms with Crippen LogP contribution in [0.5, 0.6) is 0 Å². The number of anilines is 1. The Morgan fingerprint density at radius 3 is 2.50 bits per heavy atom. The van der Waals surface area contributed by atoms with Crippen LogP contribution in [0.2, 0.25) is 0 Å². The molecule has 1 fully saturated rings. The lowest BCUT2D eigenvalue weighted by Gasteiger charge is -2.25. The van der Waals surface area contributed by atoms with Gasteiger partial charge in [-0.1, -0.05) is 13.0 Å². The maximum Gasteiger partial charge on any atom is 0.312 e. The van der Waals surface area contributed by atoms with Crippen LogP contribution in [0.3, 0.4) is 0 Å². The Hall–Kier alpha value is -1.67. The van der Waals surface area contributed by atoms with Crippen molar-refractivity contribution in [3.05, 3.63) is 28.3 Å². The van der Waals surface area contributed by atoms with E-state index in [-0.39, 0.29) is 6.04 Å². The SMILES string of the molecule is C[C@H]1CCN(c2cccc(S(N)(=O)=O)c2[N+](=O)[O-])[C@H]1C. The highest BCUT2D eigenvalue weighted by Crippen LogP contribution is 2.38. The average molecular weight is 299 g/mol. The van der Waals surface area contributed by atoms with Crippen LogP contribution in [-0.2, 0) is 10.0 Å². The predicted molar refractivity (Wildman–Crippen MR) is 75.1 cm³/mol. The average Bonchev–Trinajstić information content (AvgIpc) is 2.68. The Labute approximate surface area is 117 Å². The molecule has 0 radical (unpaired) electrons. The molecule has 0 bridgehead atoms. The molecule has 0 spiro atoms. The van der Waals surface area contributed by atoms with Gasteiger partial charge in [0.05, 0.1) is 4.92 Å². The molecule has 2 rings (SSSR count). The van der Waals surface area contributed by atoms with Gasteiger partial charge in [-0.25, -0.2) is 13.6 Å². The molecule has 2 N–H and O–H groups in total. The Bertz CT molecular complexity index is 644. The predicted octanol–water partition coefficient (Wildman–Crippen LogP) is 1.48. The first-order valence-corrected chi connectivity index (χ1v) is 7.85. The van der Waals surface area contributed by atoms with E-state index >= 15 is 0 Å². The fourth-order valence-corrected chi connectivity index (χ4v) is 3.31. The van der Waals surface area contributed by atoms with E-state index in [1.54, 1.807) is 6.07 Å². The maximum atomic E-state index is 11.5. The minimum Gasteiger partial charge on any atom is -0.363 e. The van der Waals surface area contributed by atoms with Gasteiger partial charge in [0.15, 0.2) is 4.90 Å². The third-order valence-electron chi connectivity index (χ3n) is 3.92. The summed E-state index contributed by atoms with van der Waals surface area (Å²) in [7, 11) is -4.13. The van der Waals surface area contributed by atoms with E-state index in [9.17, 15) is 18.5 Å². The third-order valence-corrected chi connectivity index (χ3v) is 4.86. The van der Waals surface area contributed by atoms with Crippen molar-refractivity contribution in [1.82, 2.24) is 0 Å². The van der Waals surface area contributed by atoms with Crippen LogP contribution >= 0.6 is 0 Å². The molecule has 20 heavy (non-hydrogen) atoms. The number of hydrogen-bond acceptors (Lipinski definition) is 5. The zero-order valence-corrected chi connectivity index (χ0v) is 12.1. The quantitative estimate of drug-likeness (QED) is 0.672.